The molecule has 1 aliphatic carbocycles. The molecule has 1 fully saturated rings. The normalized spacial score (nSPS) is 13.4. The minimum Gasteiger partial charge on any atom is -0.349 e. The van der Waals surface area contributed by atoms with Crippen molar-refractivity contribution in [2.24, 2.45) is 0 Å². The van der Waals surface area contributed by atoms with Crippen molar-refractivity contribution in [3.8, 4) is 0 Å². The highest BCUT2D eigenvalue weighted by atomic mass is 32.2. The molecule has 5 nitrogen and oxygen atoms in total. The summed E-state index contributed by atoms with van der Waals surface area (Å²) < 4.78 is 0. The quantitative estimate of drug-likeness (QED) is 0.698. The number of carbonyl (C=O) groups is 2. The second kappa shape index (κ2) is 7.40. The van der Waals surface area contributed by atoms with E-state index in [9.17, 15) is 9.59 Å². The van der Waals surface area contributed by atoms with Crippen molar-refractivity contribution in [1.29, 1.82) is 0 Å². The number of amides is 2. The molecule has 2 N–H and O–H groups in total. The summed E-state index contributed by atoms with van der Waals surface area (Å²) >= 11 is 1.49. The van der Waals surface area contributed by atoms with Crippen molar-refractivity contribution in [2.45, 2.75) is 35.7 Å². The van der Waals surface area contributed by atoms with Crippen molar-refractivity contribution in [1.82, 2.24) is 10.3 Å². The lowest BCUT2D eigenvalue weighted by Gasteiger charge is -2.10. The number of aromatic nitrogens is 1. The Kier molecular flexibility index (Phi) is 4.81. The Hall–Kier alpha value is -2.86. The summed E-state index contributed by atoms with van der Waals surface area (Å²) in [6.45, 7) is 1.48. The van der Waals surface area contributed by atoms with Crippen LogP contribution in [0.15, 0.2) is 64.5 Å². The number of pyridine rings is 1. The standard InChI is InChI=1S/C21H19N3O2S/c1-13(25)22-14-8-10-16(11-9-14)27-20-12-18(21(26)23-15-6-7-15)17-4-2-3-5-19(17)24-20/h2-5,8-12,15H,6-7H2,1H3,(H,22,25)(H,23,26). The Morgan fingerprint density at radius 2 is 1.81 bits per heavy atom. The van der Waals surface area contributed by atoms with Gasteiger partial charge in [0.1, 0.15) is 5.03 Å². The van der Waals surface area contributed by atoms with E-state index in [1.54, 1.807) is 0 Å². The summed E-state index contributed by atoms with van der Waals surface area (Å²) in [5.41, 5.74) is 2.21. The van der Waals surface area contributed by atoms with E-state index in [1.165, 1.54) is 18.7 Å². The Morgan fingerprint density at radius 3 is 2.52 bits per heavy atom. The number of hydrogen-bond acceptors (Lipinski definition) is 4. The topological polar surface area (TPSA) is 71.1 Å². The monoisotopic (exact) mass is 377 g/mol. The predicted molar refractivity (Wildman–Crippen MR) is 107 cm³/mol. The van der Waals surface area contributed by atoms with Crippen LogP contribution in [0.5, 0.6) is 0 Å². The minimum atomic E-state index is -0.0992. The van der Waals surface area contributed by atoms with Gasteiger partial charge in [0.25, 0.3) is 5.91 Å². The summed E-state index contributed by atoms with van der Waals surface area (Å²) in [6, 6.07) is 17.4. The van der Waals surface area contributed by atoms with Gasteiger partial charge >= 0.3 is 0 Å². The van der Waals surface area contributed by atoms with Crippen LogP contribution in [-0.2, 0) is 4.79 Å². The number of rotatable bonds is 5. The van der Waals surface area contributed by atoms with Gasteiger partial charge in [-0.15, -0.1) is 0 Å². The maximum absolute atomic E-state index is 12.7. The van der Waals surface area contributed by atoms with E-state index in [2.05, 4.69) is 10.6 Å². The molecule has 0 atom stereocenters. The Labute approximate surface area is 161 Å². The molecule has 0 saturated heterocycles. The number of nitrogens with one attached hydrogen (secondary N) is 2. The molecule has 1 heterocycles. The molecule has 1 saturated carbocycles. The zero-order chi connectivity index (χ0) is 18.8. The van der Waals surface area contributed by atoms with Gasteiger partial charge in [0, 0.05) is 28.9 Å². The second-order valence-electron chi connectivity index (χ2n) is 6.58. The third-order valence-electron chi connectivity index (χ3n) is 4.25. The zero-order valence-corrected chi connectivity index (χ0v) is 15.7. The van der Waals surface area contributed by atoms with Gasteiger partial charge in [-0.3, -0.25) is 9.59 Å². The highest BCUT2D eigenvalue weighted by Gasteiger charge is 2.25. The van der Waals surface area contributed by atoms with Crippen LogP contribution in [0.2, 0.25) is 0 Å². The van der Waals surface area contributed by atoms with Crippen molar-refractivity contribution in [2.75, 3.05) is 5.32 Å². The first-order valence-electron chi connectivity index (χ1n) is 8.84. The van der Waals surface area contributed by atoms with Gasteiger partial charge in [-0.25, -0.2) is 4.98 Å². The molecule has 4 rings (SSSR count). The first-order valence-corrected chi connectivity index (χ1v) is 9.66. The van der Waals surface area contributed by atoms with E-state index in [1.807, 2.05) is 54.6 Å². The van der Waals surface area contributed by atoms with Gasteiger partial charge in [-0.05, 0) is 49.2 Å². The van der Waals surface area contributed by atoms with Gasteiger partial charge < -0.3 is 10.6 Å². The van der Waals surface area contributed by atoms with Crippen LogP contribution < -0.4 is 10.6 Å². The van der Waals surface area contributed by atoms with E-state index in [-0.39, 0.29) is 11.8 Å². The minimum absolute atomic E-state index is 0.0426. The molecule has 6 heteroatoms. The molecular weight excluding hydrogens is 358 g/mol. The Balaban J connectivity index is 1.63. The molecule has 136 valence electrons. The van der Waals surface area contributed by atoms with E-state index in [4.69, 9.17) is 4.98 Å². The summed E-state index contributed by atoms with van der Waals surface area (Å²) in [5.74, 6) is -0.142. The van der Waals surface area contributed by atoms with Crippen molar-refractivity contribution in [3.63, 3.8) is 0 Å². The summed E-state index contributed by atoms with van der Waals surface area (Å²) in [7, 11) is 0. The first kappa shape index (κ1) is 17.5. The Bertz CT molecular complexity index is 1010. The van der Waals surface area contributed by atoms with Crippen LogP contribution in [0, 0.1) is 0 Å². The molecule has 0 spiro atoms. The van der Waals surface area contributed by atoms with E-state index < -0.39 is 0 Å². The molecule has 1 aromatic heterocycles. The summed E-state index contributed by atoms with van der Waals surface area (Å²) in [4.78, 5) is 29.5. The highest BCUT2D eigenvalue weighted by molar-refractivity contribution is 7.99. The maximum atomic E-state index is 12.7. The van der Waals surface area contributed by atoms with Crippen LogP contribution in [0.25, 0.3) is 10.9 Å². The predicted octanol–water partition coefficient (Wildman–Crippen LogP) is 4.24. The highest BCUT2D eigenvalue weighted by Crippen LogP contribution is 2.31. The molecule has 1 aliphatic rings. The lowest BCUT2D eigenvalue weighted by molar-refractivity contribution is -0.114. The molecule has 3 aromatic rings. The van der Waals surface area contributed by atoms with E-state index in [0.29, 0.717) is 11.6 Å². The third-order valence-corrected chi connectivity index (χ3v) is 5.17. The lowest BCUT2D eigenvalue weighted by Crippen LogP contribution is -2.25. The average molecular weight is 377 g/mol. The van der Waals surface area contributed by atoms with Crippen LogP contribution in [0.3, 0.4) is 0 Å². The fraction of sp³-hybridized carbons (Fsp3) is 0.190. The molecular formula is C21H19N3O2S. The third kappa shape index (κ3) is 4.28. The molecule has 0 aliphatic heterocycles. The number of hydrogen-bond donors (Lipinski definition) is 2. The number of fused-ring (bicyclic) bond motifs is 1. The molecule has 0 bridgehead atoms. The van der Waals surface area contributed by atoms with Crippen LogP contribution in [0.1, 0.15) is 30.1 Å². The number of nitrogens with zero attached hydrogens (tertiary/aromatic N) is 1. The first-order chi connectivity index (χ1) is 13.1. The summed E-state index contributed by atoms with van der Waals surface area (Å²) in [5, 5.41) is 7.44. The maximum Gasteiger partial charge on any atom is 0.252 e. The second-order valence-corrected chi connectivity index (χ2v) is 7.67. The smallest absolute Gasteiger partial charge is 0.252 e. The average Bonchev–Trinajstić information content (AvgIpc) is 3.46. The van der Waals surface area contributed by atoms with Crippen LogP contribution in [0.4, 0.5) is 5.69 Å². The van der Waals surface area contributed by atoms with Gasteiger partial charge in [-0.2, -0.15) is 0 Å². The Morgan fingerprint density at radius 1 is 1.07 bits per heavy atom. The SMILES string of the molecule is CC(=O)Nc1ccc(Sc2cc(C(=O)NC3CC3)c3ccccc3n2)cc1. The number of carbonyl (C=O) groups excluding carboxylic acids is 2. The van der Waals surface area contributed by atoms with E-state index >= 15 is 0 Å². The fourth-order valence-corrected chi connectivity index (χ4v) is 3.65. The van der Waals surface area contributed by atoms with Gasteiger partial charge in [0.15, 0.2) is 0 Å². The van der Waals surface area contributed by atoms with Crippen LogP contribution in [-0.4, -0.2) is 22.8 Å². The van der Waals surface area contributed by atoms with Crippen molar-refractivity contribution in [3.05, 3.63) is 60.2 Å². The number of para-hydroxylation sites is 1. The number of anilines is 1. The molecule has 2 amide bonds. The largest absolute Gasteiger partial charge is 0.349 e. The zero-order valence-electron chi connectivity index (χ0n) is 14.9. The molecule has 0 radical (unpaired) electrons. The number of benzene rings is 2. The van der Waals surface area contributed by atoms with Gasteiger partial charge in [0.2, 0.25) is 5.91 Å². The van der Waals surface area contributed by atoms with E-state index in [0.717, 1.165) is 39.4 Å². The lowest BCUT2D eigenvalue weighted by atomic mass is 10.1. The van der Waals surface area contributed by atoms with Crippen LogP contribution >= 0.6 is 11.8 Å². The molecule has 27 heavy (non-hydrogen) atoms. The van der Waals surface area contributed by atoms with Gasteiger partial charge in [0.05, 0.1) is 11.1 Å². The van der Waals surface area contributed by atoms with Gasteiger partial charge in [-0.1, -0.05) is 30.0 Å². The molecule has 2 aromatic carbocycles. The van der Waals surface area contributed by atoms with Crippen molar-refractivity contribution < 1.29 is 9.59 Å². The van der Waals surface area contributed by atoms with Crippen molar-refractivity contribution >= 4 is 40.2 Å². The fourth-order valence-electron chi connectivity index (χ4n) is 2.81. The summed E-state index contributed by atoms with van der Waals surface area (Å²) in [6.07, 6.45) is 2.11. The molecule has 0 unspecified atom stereocenters.